The first-order valence-corrected chi connectivity index (χ1v) is 7.31. The summed E-state index contributed by atoms with van der Waals surface area (Å²) in [5, 5.41) is 8.99. The number of para-hydroxylation sites is 1. The van der Waals surface area contributed by atoms with Crippen LogP contribution in [0.5, 0.6) is 5.75 Å². The molecule has 1 fully saturated rings. The molecule has 110 valence electrons. The minimum Gasteiger partial charge on any atom is -0.493 e. The van der Waals surface area contributed by atoms with Crippen molar-refractivity contribution < 1.29 is 14.6 Å². The Kier molecular flexibility index (Phi) is 5.41. The molecule has 20 heavy (non-hydrogen) atoms. The average Bonchev–Trinajstić information content (AvgIpc) is 3.27. The molecule has 1 aliphatic rings. The molecule has 4 nitrogen and oxygen atoms in total. The van der Waals surface area contributed by atoms with E-state index in [-0.39, 0.29) is 12.5 Å². The first kappa shape index (κ1) is 14.9. The van der Waals surface area contributed by atoms with Gasteiger partial charge in [0, 0.05) is 19.0 Å². The Bertz CT molecular complexity index is 443. The number of hydrogen-bond acceptors (Lipinski definition) is 3. The van der Waals surface area contributed by atoms with Gasteiger partial charge >= 0.3 is 0 Å². The van der Waals surface area contributed by atoms with Crippen LogP contribution in [0.4, 0.5) is 0 Å². The number of carbonyl (C=O) groups excluding carboxylic acids is 1. The zero-order valence-corrected chi connectivity index (χ0v) is 12.0. The number of aliphatic hydroxyl groups is 1. The van der Waals surface area contributed by atoms with Crippen LogP contribution in [0.1, 0.15) is 31.2 Å². The molecule has 2 rings (SSSR count). The molecule has 0 aliphatic heterocycles. The van der Waals surface area contributed by atoms with Gasteiger partial charge in [-0.2, -0.15) is 0 Å². The molecule has 0 spiro atoms. The summed E-state index contributed by atoms with van der Waals surface area (Å²) in [6.45, 7) is 3.06. The number of carbonyl (C=O) groups is 1. The van der Waals surface area contributed by atoms with Crippen molar-refractivity contribution in [3.8, 4) is 5.75 Å². The fraction of sp³-hybridized carbons (Fsp3) is 0.562. The number of aliphatic hydroxyl groups excluding tert-OH is 1. The van der Waals surface area contributed by atoms with Crippen LogP contribution in [0, 0.1) is 6.92 Å². The number of aryl methyl sites for hydroxylation is 1. The first-order chi connectivity index (χ1) is 9.72. The van der Waals surface area contributed by atoms with Crippen LogP contribution in [0.15, 0.2) is 24.3 Å². The highest BCUT2D eigenvalue weighted by Crippen LogP contribution is 2.27. The minimum absolute atomic E-state index is 0.0436. The Hall–Kier alpha value is -1.55. The lowest BCUT2D eigenvalue weighted by Gasteiger charge is -2.21. The highest BCUT2D eigenvalue weighted by Gasteiger charge is 2.31. The third-order valence-corrected chi connectivity index (χ3v) is 3.54. The predicted molar refractivity (Wildman–Crippen MR) is 77.7 cm³/mol. The van der Waals surface area contributed by atoms with E-state index in [9.17, 15) is 4.79 Å². The number of ether oxygens (including phenoxy) is 1. The van der Waals surface area contributed by atoms with Crippen molar-refractivity contribution in [2.75, 3.05) is 19.8 Å². The smallest absolute Gasteiger partial charge is 0.223 e. The predicted octanol–water partition coefficient (Wildman–Crippen LogP) is 2.14. The van der Waals surface area contributed by atoms with E-state index in [1.54, 1.807) is 0 Å². The molecule has 0 bridgehead atoms. The van der Waals surface area contributed by atoms with Crippen LogP contribution in [0.3, 0.4) is 0 Å². The van der Waals surface area contributed by atoms with Gasteiger partial charge in [-0.05, 0) is 37.8 Å². The largest absolute Gasteiger partial charge is 0.493 e. The van der Waals surface area contributed by atoms with Crippen molar-refractivity contribution in [1.82, 2.24) is 4.90 Å². The Balaban J connectivity index is 1.70. The van der Waals surface area contributed by atoms with Gasteiger partial charge in [-0.3, -0.25) is 4.79 Å². The van der Waals surface area contributed by atoms with E-state index in [0.717, 1.165) is 24.2 Å². The number of benzene rings is 1. The van der Waals surface area contributed by atoms with E-state index in [1.807, 2.05) is 36.1 Å². The Morgan fingerprint density at radius 1 is 1.40 bits per heavy atom. The monoisotopic (exact) mass is 277 g/mol. The molecule has 1 amide bonds. The van der Waals surface area contributed by atoms with Crippen LogP contribution in [-0.2, 0) is 4.79 Å². The summed E-state index contributed by atoms with van der Waals surface area (Å²) < 4.78 is 5.68. The molecular formula is C16H23NO3. The first-order valence-electron chi connectivity index (χ1n) is 7.31. The summed E-state index contributed by atoms with van der Waals surface area (Å²) in [7, 11) is 0. The normalized spacial score (nSPS) is 14.1. The number of rotatable bonds is 8. The van der Waals surface area contributed by atoms with Gasteiger partial charge in [0.1, 0.15) is 5.75 Å². The molecule has 4 heteroatoms. The molecule has 0 heterocycles. The Labute approximate surface area is 120 Å². The van der Waals surface area contributed by atoms with E-state index in [0.29, 0.717) is 32.0 Å². The van der Waals surface area contributed by atoms with Crippen molar-refractivity contribution in [3.63, 3.8) is 0 Å². The lowest BCUT2D eigenvalue weighted by atomic mass is 10.2. The van der Waals surface area contributed by atoms with Gasteiger partial charge in [-0.15, -0.1) is 0 Å². The molecular weight excluding hydrogens is 254 g/mol. The summed E-state index contributed by atoms with van der Waals surface area (Å²) in [6, 6.07) is 8.25. The van der Waals surface area contributed by atoms with E-state index < -0.39 is 0 Å². The second-order valence-corrected chi connectivity index (χ2v) is 5.26. The van der Waals surface area contributed by atoms with E-state index in [4.69, 9.17) is 9.84 Å². The van der Waals surface area contributed by atoms with Gasteiger partial charge in [-0.25, -0.2) is 0 Å². The topological polar surface area (TPSA) is 49.8 Å². The Morgan fingerprint density at radius 3 is 2.80 bits per heavy atom. The summed E-state index contributed by atoms with van der Waals surface area (Å²) in [5.41, 5.74) is 1.11. The number of nitrogens with zero attached hydrogens (tertiary/aromatic N) is 1. The lowest BCUT2D eigenvalue weighted by Crippen LogP contribution is -2.35. The van der Waals surface area contributed by atoms with Crippen LogP contribution in [0.2, 0.25) is 0 Å². The van der Waals surface area contributed by atoms with Gasteiger partial charge in [0.25, 0.3) is 0 Å². The Morgan fingerprint density at radius 2 is 2.15 bits per heavy atom. The maximum Gasteiger partial charge on any atom is 0.223 e. The third-order valence-electron chi connectivity index (χ3n) is 3.54. The van der Waals surface area contributed by atoms with Crippen LogP contribution >= 0.6 is 0 Å². The number of hydrogen-bond donors (Lipinski definition) is 1. The van der Waals surface area contributed by atoms with E-state index in [2.05, 4.69) is 0 Å². The lowest BCUT2D eigenvalue weighted by molar-refractivity contribution is -0.132. The maximum atomic E-state index is 12.1. The van der Waals surface area contributed by atoms with Gasteiger partial charge in [0.05, 0.1) is 13.2 Å². The van der Waals surface area contributed by atoms with Gasteiger partial charge < -0.3 is 14.7 Å². The van der Waals surface area contributed by atoms with Crippen molar-refractivity contribution in [2.45, 2.75) is 38.6 Å². The van der Waals surface area contributed by atoms with E-state index in [1.165, 1.54) is 0 Å². The van der Waals surface area contributed by atoms with E-state index >= 15 is 0 Å². The van der Waals surface area contributed by atoms with Gasteiger partial charge in [0.2, 0.25) is 5.91 Å². The zero-order valence-electron chi connectivity index (χ0n) is 12.0. The summed E-state index contributed by atoms with van der Waals surface area (Å²) in [5.74, 6) is 1.02. The summed E-state index contributed by atoms with van der Waals surface area (Å²) in [4.78, 5) is 13.9. The molecule has 1 aliphatic carbocycles. The molecule has 1 aromatic rings. The SMILES string of the molecule is Cc1ccccc1OCCCC(=O)N(CCO)C1CC1. The number of amides is 1. The molecule has 0 saturated heterocycles. The quantitative estimate of drug-likeness (QED) is 0.741. The average molecular weight is 277 g/mol. The maximum absolute atomic E-state index is 12.1. The van der Waals surface area contributed by atoms with Gasteiger partial charge in [-0.1, -0.05) is 18.2 Å². The van der Waals surface area contributed by atoms with Gasteiger partial charge in [0.15, 0.2) is 0 Å². The molecule has 1 saturated carbocycles. The second kappa shape index (κ2) is 7.29. The zero-order chi connectivity index (χ0) is 14.4. The molecule has 0 atom stereocenters. The molecule has 0 aromatic heterocycles. The molecule has 0 radical (unpaired) electrons. The molecule has 1 aromatic carbocycles. The highest BCUT2D eigenvalue weighted by atomic mass is 16.5. The standard InChI is InChI=1S/C16H23NO3/c1-13-5-2-3-6-15(13)20-12-4-7-16(19)17(10-11-18)14-8-9-14/h2-3,5-6,14,18H,4,7-12H2,1H3. The minimum atomic E-state index is 0.0436. The van der Waals surface area contributed by atoms with Crippen molar-refractivity contribution in [3.05, 3.63) is 29.8 Å². The highest BCUT2D eigenvalue weighted by molar-refractivity contribution is 5.76. The second-order valence-electron chi connectivity index (χ2n) is 5.26. The fourth-order valence-corrected chi connectivity index (χ4v) is 2.27. The molecule has 1 N–H and O–H groups in total. The van der Waals surface area contributed by atoms with Crippen LogP contribution < -0.4 is 4.74 Å². The summed E-state index contributed by atoms with van der Waals surface area (Å²) >= 11 is 0. The van der Waals surface area contributed by atoms with Crippen LogP contribution in [0.25, 0.3) is 0 Å². The van der Waals surface area contributed by atoms with Crippen molar-refractivity contribution in [1.29, 1.82) is 0 Å². The summed E-state index contributed by atoms with van der Waals surface area (Å²) in [6.07, 6.45) is 3.35. The van der Waals surface area contributed by atoms with Crippen molar-refractivity contribution in [2.24, 2.45) is 0 Å². The van der Waals surface area contributed by atoms with Crippen molar-refractivity contribution >= 4 is 5.91 Å². The van der Waals surface area contributed by atoms with Crippen LogP contribution in [-0.4, -0.2) is 41.7 Å². The molecule has 0 unspecified atom stereocenters. The fourth-order valence-electron chi connectivity index (χ4n) is 2.27. The third kappa shape index (κ3) is 4.23.